The molecule has 3 aromatic carbocycles. The Morgan fingerprint density at radius 2 is 1.67 bits per heavy atom. The van der Waals surface area contributed by atoms with Gasteiger partial charge in [-0.2, -0.15) is 0 Å². The number of hydrogen-bond acceptors (Lipinski definition) is 5. The van der Waals surface area contributed by atoms with Crippen LogP contribution in [0.5, 0.6) is 5.75 Å². The number of aromatic nitrogens is 1. The van der Waals surface area contributed by atoms with Gasteiger partial charge >= 0.3 is 0 Å². The molecular formula is C28H27N3O4S. The molecule has 0 bridgehead atoms. The van der Waals surface area contributed by atoms with E-state index in [1.54, 1.807) is 49.5 Å². The van der Waals surface area contributed by atoms with Crippen LogP contribution in [0.3, 0.4) is 0 Å². The molecule has 7 nitrogen and oxygen atoms in total. The third kappa shape index (κ3) is 6.93. The topological polar surface area (TPSA) is 97.4 Å². The Morgan fingerprint density at radius 1 is 0.917 bits per heavy atom. The van der Waals surface area contributed by atoms with Crippen molar-refractivity contribution in [1.82, 2.24) is 4.98 Å². The summed E-state index contributed by atoms with van der Waals surface area (Å²) in [7, 11) is -3.44. The van der Waals surface area contributed by atoms with Gasteiger partial charge in [-0.15, -0.1) is 0 Å². The Morgan fingerprint density at radius 3 is 2.39 bits per heavy atom. The number of carbonyl (C=O) groups excluding carboxylic acids is 1. The van der Waals surface area contributed by atoms with Gasteiger partial charge in [-0.25, -0.2) is 8.42 Å². The fourth-order valence-electron chi connectivity index (χ4n) is 3.60. The van der Waals surface area contributed by atoms with Crippen LogP contribution in [0.2, 0.25) is 0 Å². The number of benzene rings is 3. The van der Waals surface area contributed by atoms with Crippen molar-refractivity contribution in [1.29, 1.82) is 0 Å². The van der Waals surface area contributed by atoms with Crippen LogP contribution in [0.1, 0.15) is 21.6 Å². The van der Waals surface area contributed by atoms with Crippen molar-refractivity contribution in [3.05, 3.63) is 108 Å². The molecule has 1 heterocycles. The first-order valence-electron chi connectivity index (χ1n) is 11.4. The van der Waals surface area contributed by atoms with Crippen molar-refractivity contribution in [2.75, 3.05) is 22.9 Å². The maximum Gasteiger partial charge on any atom is 0.255 e. The van der Waals surface area contributed by atoms with Gasteiger partial charge in [0, 0.05) is 29.4 Å². The van der Waals surface area contributed by atoms with E-state index in [0.29, 0.717) is 34.8 Å². The molecule has 1 aromatic heterocycles. The second kappa shape index (κ2) is 11.0. The first kappa shape index (κ1) is 24.9. The minimum atomic E-state index is -3.44. The van der Waals surface area contributed by atoms with Gasteiger partial charge < -0.3 is 10.1 Å². The SMILES string of the molecule is Cc1ncc(-c2cccc(C(=O)Nc3ccc(OCCc4ccccc4)cc3)c2)cc1NS(C)(=O)=O. The molecule has 4 rings (SSSR count). The number of pyridine rings is 1. The lowest BCUT2D eigenvalue weighted by molar-refractivity contribution is 0.102. The summed E-state index contributed by atoms with van der Waals surface area (Å²) in [6.07, 6.45) is 3.56. The van der Waals surface area contributed by atoms with Gasteiger partial charge in [-0.3, -0.25) is 14.5 Å². The van der Waals surface area contributed by atoms with Crippen LogP contribution in [0.25, 0.3) is 11.1 Å². The van der Waals surface area contributed by atoms with E-state index in [1.807, 2.05) is 36.4 Å². The molecule has 184 valence electrons. The number of anilines is 2. The Hall–Kier alpha value is -4.17. The highest BCUT2D eigenvalue weighted by molar-refractivity contribution is 7.92. The summed E-state index contributed by atoms with van der Waals surface area (Å²) in [6.45, 7) is 2.29. The van der Waals surface area contributed by atoms with Crippen LogP contribution < -0.4 is 14.8 Å². The fraction of sp³-hybridized carbons (Fsp3) is 0.143. The monoisotopic (exact) mass is 501 g/mol. The first-order chi connectivity index (χ1) is 17.3. The smallest absolute Gasteiger partial charge is 0.255 e. The quantitative estimate of drug-likeness (QED) is 0.324. The Balaban J connectivity index is 1.40. The summed E-state index contributed by atoms with van der Waals surface area (Å²) in [5.41, 5.74) is 4.73. The zero-order chi connectivity index (χ0) is 25.5. The van der Waals surface area contributed by atoms with E-state index in [0.717, 1.165) is 24.0 Å². The number of amides is 1. The summed E-state index contributed by atoms with van der Waals surface area (Å²) in [4.78, 5) is 17.2. The van der Waals surface area contributed by atoms with Crippen LogP contribution in [-0.2, 0) is 16.4 Å². The van der Waals surface area contributed by atoms with Crippen molar-refractivity contribution < 1.29 is 17.9 Å². The highest BCUT2D eigenvalue weighted by Gasteiger charge is 2.11. The number of nitrogens with one attached hydrogen (secondary N) is 2. The number of aryl methyl sites for hydroxylation is 1. The van der Waals surface area contributed by atoms with Crippen molar-refractivity contribution >= 4 is 27.3 Å². The van der Waals surface area contributed by atoms with E-state index in [9.17, 15) is 13.2 Å². The predicted molar refractivity (Wildman–Crippen MR) is 143 cm³/mol. The van der Waals surface area contributed by atoms with Crippen LogP contribution in [0.15, 0.2) is 91.1 Å². The van der Waals surface area contributed by atoms with Gasteiger partial charge in [0.1, 0.15) is 5.75 Å². The number of hydrogen-bond donors (Lipinski definition) is 2. The molecule has 1 amide bonds. The molecule has 0 saturated heterocycles. The van der Waals surface area contributed by atoms with Crippen LogP contribution >= 0.6 is 0 Å². The lowest BCUT2D eigenvalue weighted by atomic mass is 10.0. The molecule has 0 aliphatic carbocycles. The Kier molecular flexibility index (Phi) is 7.65. The summed E-state index contributed by atoms with van der Waals surface area (Å²) < 4.78 is 31.6. The maximum atomic E-state index is 12.9. The molecule has 0 saturated carbocycles. The highest BCUT2D eigenvalue weighted by Crippen LogP contribution is 2.25. The number of rotatable bonds is 9. The van der Waals surface area contributed by atoms with Gasteiger partial charge in [-0.05, 0) is 60.5 Å². The summed E-state index contributed by atoms with van der Waals surface area (Å²) >= 11 is 0. The van der Waals surface area contributed by atoms with Crippen molar-refractivity contribution in [2.24, 2.45) is 0 Å². The van der Waals surface area contributed by atoms with Crippen LogP contribution in [-0.4, -0.2) is 32.2 Å². The average molecular weight is 502 g/mol. The van der Waals surface area contributed by atoms with Gasteiger partial charge in [0.2, 0.25) is 10.0 Å². The molecule has 8 heteroatoms. The van der Waals surface area contributed by atoms with E-state index in [-0.39, 0.29) is 5.91 Å². The number of ether oxygens (including phenoxy) is 1. The Labute approximate surface area is 211 Å². The summed E-state index contributed by atoms with van der Waals surface area (Å²) in [6, 6.07) is 26.2. The normalized spacial score (nSPS) is 11.1. The van der Waals surface area contributed by atoms with Gasteiger partial charge in [0.25, 0.3) is 5.91 Å². The molecule has 0 aliphatic heterocycles. The van der Waals surface area contributed by atoms with Crippen molar-refractivity contribution in [3.63, 3.8) is 0 Å². The number of sulfonamides is 1. The predicted octanol–water partition coefficient (Wildman–Crippen LogP) is 5.30. The molecule has 4 aromatic rings. The third-order valence-electron chi connectivity index (χ3n) is 5.45. The second-order valence-electron chi connectivity index (χ2n) is 8.37. The van der Waals surface area contributed by atoms with Gasteiger partial charge in [-0.1, -0.05) is 42.5 Å². The standard InChI is InChI=1S/C28H27N3O4S/c1-20-27(31-36(2,33)34)18-24(19-29-20)22-9-6-10-23(17-22)28(32)30-25-11-13-26(14-12-25)35-16-15-21-7-4-3-5-8-21/h3-14,17-19,31H,15-16H2,1-2H3,(H,30,32). The molecular weight excluding hydrogens is 474 g/mol. The molecule has 0 unspecified atom stereocenters. The van der Waals surface area contributed by atoms with Gasteiger partial charge in [0.05, 0.1) is 24.2 Å². The molecule has 0 spiro atoms. The summed E-state index contributed by atoms with van der Waals surface area (Å²) in [5, 5.41) is 2.90. The zero-order valence-electron chi connectivity index (χ0n) is 20.1. The number of carbonyl (C=O) groups is 1. The number of nitrogens with zero attached hydrogens (tertiary/aromatic N) is 1. The lowest BCUT2D eigenvalue weighted by Crippen LogP contribution is -2.12. The van der Waals surface area contributed by atoms with E-state index >= 15 is 0 Å². The molecule has 0 aliphatic rings. The van der Waals surface area contributed by atoms with E-state index in [2.05, 4.69) is 27.2 Å². The summed E-state index contributed by atoms with van der Waals surface area (Å²) in [5.74, 6) is 0.473. The molecule has 0 fully saturated rings. The molecule has 0 radical (unpaired) electrons. The fourth-order valence-corrected chi connectivity index (χ4v) is 4.21. The van der Waals surface area contributed by atoms with E-state index in [1.165, 1.54) is 5.56 Å². The second-order valence-corrected chi connectivity index (χ2v) is 10.1. The van der Waals surface area contributed by atoms with Crippen LogP contribution in [0.4, 0.5) is 11.4 Å². The zero-order valence-corrected chi connectivity index (χ0v) is 20.9. The maximum absolute atomic E-state index is 12.9. The van der Waals surface area contributed by atoms with Crippen molar-refractivity contribution in [2.45, 2.75) is 13.3 Å². The molecule has 36 heavy (non-hydrogen) atoms. The lowest BCUT2D eigenvalue weighted by Gasteiger charge is -2.11. The highest BCUT2D eigenvalue weighted by atomic mass is 32.2. The minimum Gasteiger partial charge on any atom is -0.493 e. The average Bonchev–Trinajstić information content (AvgIpc) is 2.86. The van der Waals surface area contributed by atoms with Crippen LogP contribution in [0, 0.1) is 6.92 Å². The third-order valence-corrected chi connectivity index (χ3v) is 6.05. The van der Waals surface area contributed by atoms with Crippen molar-refractivity contribution in [3.8, 4) is 16.9 Å². The Bertz CT molecular complexity index is 1450. The molecule has 0 atom stereocenters. The largest absolute Gasteiger partial charge is 0.493 e. The minimum absolute atomic E-state index is 0.260. The first-order valence-corrected chi connectivity index (χ1v) is 13.3. The van der Waals surface area contributed by atoms with E-state index in [4.69, 9.17) is 4.74 Å². The van der Waals surface area contributed by atoms with E-state index < -0.39 is 10.0 Å². The van der Waals surface area contributed by atoms with Gasteiger partial charge in [0.15, 0.2) is 0 Å². The molecule has 2 N–H and O–H groups in total.